The van der Waals surface area contributed by atoms with Crippen LogP contribution in [0, 0.1) is 5.92 Å². The molecule has 1 aromatic heterocycles. The summed E-state index contributed by atoms with van der Waals surface area (Å²) in [6.07, 6.45) is 3.07. The van der Waals surface area contributed by atoms with Gasteiger partial charge in [0.05, 0.1) is 19.3 Å². The van der Waals surface area contributed by atoms with Crippen LogP contribution in [-0.2, 0) is 6.54 Å². The van der Waals surface area contributed by atoms with Crippen LogP contribution in [0.4, 0.5) is 0 Å². The first-order valence-electron chi connectivity index (χ1n) is 4.45. The molecule has 4 nitrogen and oxygen atoms in total. The average molecular weight is 184 g/mol. The first-order chi connectivity index (χ1) is 6.24. The standard InChI is InChI=1S/C9H16N2O2/c1-7(2)9(5-12)11-4-8-3-10-6-13-8/h3,6-7,9,11-12H,4-5H2,1-2H3/t9-/m1/s1. The first kappa shape index (κ1) is 10.2. The zero-order valence-electron chi connectivity index (χ0n) is 8.03. The van der Waals surface area contributed by atoms with Crippen LogP contribution in [0.2, 0.25) is 0 Å². The van der Waals surface area contributed by atoms with Crippen LogP contribution >= 0.6 is 0 Å². The molecule has 1 rings (SSSR count). The van der Waals surface area contributed by atoms with E-state index in [2.05, 4.69) is 24.1 Å². The second kappa shape index (κ2) is 4.99. The molecule has 1 heterocycles. The fourth-order valence-corrected chi connectivity index (χ4v) is 1.07. The van der Waals surface area contributed by atoms with Gasteiger partial charge in [-0.05, 0) is 5.92 Å². The highest BCUT2D eigenvalue weighted by Crippen LogP contribution is 2.02. The Morgan fingerprint density at radius 2 is 2.38 bits per heavy atom. The first-order valence-corrected chi connectivity index (χ1v) is 4.45. The maximum atomic E-state index is 9.02. The van der Waals surface area contributed by atoms with Gasteiger partial charge in [0.1, 0.15) is 5.76 Å². The monoisotopic (exact) mass is 184 g/mol. The molecule has 74 valence electrons. The molecule has 1 aromatic rings. The number of rotatable bonds is 5. The van der Waals surface area contributed by atoms with Gasteiger partial charge in [-0.1, -0.05) is 13.8 Å². The molecule has 1 atom stereocenters. The van der Waals surface area contributed by atoms with Crippen LogP contribution < -0.4 is 5.32 Å². The normalized spacial score (nSPS) is 13.5. The fourth-order valence-electron chi connectivity index (χ4n) is 1.07. The number of oxazole rings is 1. The number of aliphatic hydroxyl groups excluding tert-OH is 1. The largest absolute Gasteiger partial charge is 0.447 e. The molecule has 0 aliphatic rings. The third-order valence-electron chi connectivity index (χ3n) is 2.02. The maximum Gasteiger partial charge on any atom is 0.180 e. The number of aromatic nitrogens is 1. The van der Waals surface area contributed by atoms with E-state index in [1.165, 1.54) is 6.39 Å². The van der Waals surface area contributed by atoms with Gasteiger partial charge in [-0.25, -0.2) is 4.98 Å². The van der Waals surface area contributed by atoms with Crippen LogP contribution in [-0.4, -0.2) is 22.7 Å². The predicted octanol–water partition coefficient (Wildman–Crippen LogP) is 0.781. The van der Waals surface area contributed by atoms with Crippen molar-refractivity contribution in [3.05, 3.63) is 18.4 Å². The summed E-state index contributed by atoms with van der Waals surface area (Å²) in [5, 5.41) is 12.2. The summed E-state index contributed by atoms with van der Waals surface area (Å²) in [4.78, 5) is 3.80. The highest BCUT2D eigenvalue weighted by Gasteiger charge is 2.11. The van der Waals surface area contributed by atoms with Crippen LogP contribution in [0.25, 0.3) is 0 Å². The van der Waals surface area contributed by atoms with Gasteiger partial charge in [-0.15, -0.1) is 0 Å². The van der Waals surface area contributed by atoms with Crippen molar-refractivity contribution in [2.45, 2.75) is 26.4 Å². The summed E-state index contributed by atoms with van der Waals surface area (Å²) in [5.74, 6) is 1.20. The van der Waals surface area contributed by atoms with Gasteiger partial charge in [-0.2, -0.15) is 0 Å². The van der Waals surface area contributed by atoms with Crippen molar-refractivity contribution in [3.63, 3.8) is 0 Å². The lowest BCUT2D eigenvalue weighted by molar-refractivity contribution is 0.207. The van der Waals surface area contributed by atoms with Crippen LogP contribution in [0.5, 0.6) is 0 Å². The van der Waals surface area contributed by atoms with E-state index >= 15 is 0 Å². The highest BCUT2D eigenvalue weighted by atomic mass is 16.3. The molecule has 0 spiro atoms. The minimum absolute atomic E-state index is 0.116. The van der Waals surface area contributed by atoms with Crippen molar-refractivity contribution in [1.29, 1.82) is 0 Å². The Hall–Kier alpha value is -0.870. The summed E-state index contributed by atoms with van der Waals surface area (Å²) in [5.41, 5.74) is 0. The highest BCUT2D eigenvalue weighted by molar-refractivity contribution is 4.88. The van der Waals surface area contributed by atoms with Gasteiger partial charge < -0.3 is 14.8 Å². The second-order valence-corrected chi connectivity index (χ2v) is 3.38. The third-order valence-corrected chi connectivity index (χ3v) is 2.02. The molecule has 4 heteroatoms. The Morgan fingerprint density at radius 1 is 1.62 bits per heavy atom. The van der Waals surface area contributed by atoms with Crippen molar-refractivity contribution < 1.29 is 9.52 Å². The maximum absolute atomic E-state index is 9.02. The molecule has 0 bridgehead atoms. The van der Waals surface area contributed by atoms with Crippen LogP contribution in [0.3, 0.4) is 0 Å². The molecule has 0 saturated carbocycles. The molecule has 0 amide bonds. The van der Waals surface area contributed by atoms with E-state index in [0.29, 0.717) is 12.5 Å². The van der Waals surface area contributed by atoms with Gasteiger partial charge in [0.15, 0.2) is 6.39 Å². The molecule has 0 aliphatic heterocycles. The molecule has 0 aliphatic carbocycles. The molecular formula is C9H16N2O2. The molecule has 0 aromatic carbocycles. The van der Waals surface area contributed by atoms with E-state index in [1.807, 2.05) is 0 Å². The molecule has 0 unspecified atom stereocenters. The molecule has 13 heavy (non-hydrogen) atoms. The quantitative estimate of drug-likeness (QED) is 0.710. The minimum atomic E-state index is 0.116. The van der Waals surface area contributed by atoms with Crippen molar-refractivity contribution in [2.24, 2.45) is 5.92 Å². The summed E-state index contributed by atoms with van der Waals surface area (Å²) >= 11 is 0. The minimum Gasteiger partial charge on any atom is -0.447 e. The molecule has 0 saturated heterocycles. The second-order valence-electron chi connectivity index (χ2n) is 3.38. The van der Waals surface area contributed by atoms with Gasteiger partial charge in [-0.3, -0.25) is 0 Å². The molecule has 0 fully saturated rings. The van der Waals surface area contributed by atoms with E-state index < -0.39 is 0 Å². The van der Waals surface area contributed by atoms with Crippen molar-refractivity contribution in [1.82, 2.24) is 10.3 Å². The lowest BCUT2D eigenvalue weighted by Crippen LogP contribution is -2.36. The number of hydrogen-bond acceptors (Lipinski definition) is 4. The van der Waals surface area contributed by atoms with E-state index in [-0.39, 0.29) is 12.6 Å². The van der Waals surface area contributed by atoms with E-state index in [4.69, 9.17) is 9.52 Å². The van der Waals surface area contributed by atoms with E-state index in [0.717, 1.165) is 5.76 Å². The Morgan fingerprint density at radius 3 is 2.85 bits per heavy atom. The average Bonchev–Trinajstić information content (AvgIpc) is 2.57. The molecule has 2 N–H and O–H groups in total. The van der Waals surface area contributed by atoms with Crippen molar-refractivity contribution >= 4 is 0 Å². The lowest BCUT2D eigenvalue weighted by atomic mass is 10.1. The van der Waals surface area contributed by atoms with Crippen LogP contribution in [0.1, 0.15) is 19.6 Å². The Bertz CT molecular complexity index is 222. The third kappa shape index (κ3) is 3.16. The summed E-state index contributed by atoms with van der Waals surface area (Å²) in [6.45, 7) is 4.89. The zero-order chi connectivity index (χ0) is 9.68. The molecular weight excluding hydrogens is 168 g/mol. The van der Waals surface area contributed by atoms with Crippen molar-refractivity contribution in [3.8, 4) is 0 Å². The number of hydrogen-bond donors (Lipinski definition) is 2. The Labute approximate surface area is 78.0 Å². The molecule has 0 radical (unpaired) electrons. The van der Waals surface area contributed by atoms with Gasteiger partial charge in [0, 0.05) is 6.04 Å². The topological polar surface area (TPSA) is 58.3 Å². The van der Waals surface area contributed by atoms with E-state index in [9.17, 15) is 0 Å². The van der Waals surface area contributed by atoms with Crippen molar-refractivity contribution in [2.75, 3.05) is 6.61 Å². The van der Waals surface area contributed by atoms with Crippen LogP contribution in [0.15, 0.2) is 17.0 Å². The van der Waals surface area contributed by atoms with Gasteiger partial charge >= 0.3 is 0 Å². The predicted molar refractivity (Wildman–Crippen MR) is 49.1 cm³/mol. The lowest BCUT2D eigenvalue weighted by Gasteiger charge is -2.18. The smallest absolute Gasteiger partial charge is 0.180 e. The number of aliphatic hydroxyl groups is 1. The summed E-state index contributed by atoms with van der Waals surface area (Å²) in [6, 6.07) is 0.116. The van der Waals surface area contributed by atoms with Gasteiger partial charge in [0.25, 0.3) is 0 Å². The summed E-state index contributed by atoms with van der Waals surface area (Å²) in [7, 11) is 0. The Kier molecular flexibility index (Phi) is 3.92. The zero-order valence-corrected chi connectivity index (χ0v) is 8.03. The fraction of sp³-hybridized carbons (Fsp3) is 0.667. The van der Waals surface area contributed by atoms with E-state index in [1.54, 1.807) is 6.20 Å². The SMILES string of the molecule is CC(C)[C@@H](CO)NCc1cnco1. The summed E-state index contributed by atoms with van der Waals surface area (Å²) < 4.78 is 5.05. The van der Waals surface area contributed by atoms with Gasteiger partial charge in [0.2, 0.25) is 0 Å². The Balaban J connectivity index is 2.32. The number of nitrogens with one attached hydrogen (secondary N) is 1. The number of nitrogens with zero attached hydrogens (tertiary/aromatic N) is 1.